The number of nitrogens with zero attached hydrogens (tertiary/aromatic N) is 4. The molecule has 0 aliphatic carbocycles. The first-order valence-electron chi connectivity index (χ1n) is 5.34. The average molecular weight is 262 g/mol. The molecule has 0 aromatic carbocycles. The van der Waals surface area contributed by atoms with Gasteiger partial charge < -0.3 is 16.3 Å². The van der Waals surface area contributed by atoms with Gasteiger partial charge in [0, 0.05) is 6.20 Å². The fourth-order valence-electron chi connectivity index (χ4n) is 1.32. The third kappa shape index (κ3) is 3.35. The predicted octanol–water partition coefficient (Wildman–Crippen LogP) is 0.717. The van der Waals surface area contributed by atoms with Gasteiger partial charge in [-0.15, -0.1) is 0 Å². The van der Waals surface area contributed by atoms with Crippen LogP contribution in [0.15, 0.2) is 35.7 Å². The first-order chi connectivity index (χ1) is 9.19. The zero-order chi connectivity index (χ0) is 13.7. The van der Waals surface area contributed by atoms with E-state index in [0.29, 0.717) is 23.9 Å². The van der Waals surface area contributed by atoms with E-state index in [1.807, 2.05) is 0 Å². The summed E-state index contributed by atoms with van der Waals surface area (Å²) < 4.78 is 12.7. The molecule has 2 aromatic rings. The standard InChI is InChI=1S/C11H11FN6O/c12-7-1-2-8(15-5-7)6-16-11-14-4-3-9(17-11)10(13)18-19/h1-5,19H,6H2,(H2,13,18)(H,14,16,17). The van der Waals surface area contributed by atoms with Crippen molar-refractivity contribution in [3.63, 3.8) is 0 Å². The van der Waals surface area contributed by atoms with E-state index in [9.17, 15) is 4.39 Å². The summed E-state index contributed by atoms with van der Waals surface area (Å²) in [5.74, 6) is -0.200. The Hall–Kier alpha value is -2.77. The smallest absolute Gasteiger partial charge is 0.223 e. The second-order valence-corrected chi connectivity index (χ2v) is 3.57. The fraction of sp³-hybridized carbons (Fsp3) is 0.0909. The van der Waals surface area contributed by atoms with Crippen LogP contribution in [0.3, 0.4) is 0 Å². The maximum absolute atomic E-state index is 12.7. The minimum atomic E-state index is -0.395. The molecule has 0 aliphatic heterocycles. The maximum Gasteiger partial charge on any atom is 0.223 e. The van der Waals surface area contributed by atoms with Crippen LogP contribution in [0.5, 0.6) is 0 Å². The number of nitrogens with two attached hydrogens (primary N) is 1. The van der Waals surface area contributed by atoms with Gasteiger partial charge in [0.05, 0.1) is 18.4 Å². The molecule has 0 unspecified atom stereocenters. The number of anilines is 1. The van der Waals surface area contributed by atoms with Crippen LogP contribution >= 0.6 is 0 Å². The Labute approximate surface area is 108 Å². The molecular weight excluding hydrogens is 251 g/mol. The van der Waals surface area contributed by atoms with Gasteiger partial charge in [-0.25, -0.2) is 14.4 Å². The molecule has 19 heavy (non-hydrogen) atoms. The van der Waals surface area contributed by atoms with E-state index in [1.165, 1.54) is 18.3 Å². The number of rotatable bonds is 4. The second-order valence-electron chi connectivity index (χ2n) is 3.57. The van der Waals surface area contributed by atoms with Crippen LogP contribution < -0.4 is 11.1 Å². The molecule has 0 saturated carbocycles. The Morgan fingerprint density at radius 3 is 2.89 bits per heavy atom. The van der Waals surface area contributed by atoms with Gasteiger partial charge in [0.25, 0.3) is 0 Å². The second kappa shape index (κ2) is 5.71. The first kappa shape index (κ1) is 12.7. The summed E-state index contributed by atoms with van der Waals surface area (Å²) in [4.78, 5) is 11.9. The fourth-order valence-corrected chi connectivity index (χ4v) is 1.32. The maximum atomic E-state index is 12.7. The Kier molecular flexibility index (Phi) is 3.81. The van der Waals surface area contributed by atoms with Crippen molar-refractivity contribution in [1.29, 1.82) is 0 Å². The van der Waals surface area contributed by atoms with Crippen LogP contribution in [0.2, 0.25) is 0 Å². The van der Waals surface area contributed by atoms with Gasteiger partial charge >= 0.3 is 0 Å². The van der Waals surface area contributed by atoms with Gasteiger partial charge in [-0.3, -0.25) is 4.98 Å². The lowest BCUT2D eigenvalue weighted by Crippen LogP contribution is -2.16. The van der Waals surface area contributed by atoms with Gasteiger partial charge in [0.2, 0.25) is 5.95 Å². The third-order valence-corrected chi connectivity index (χ3v) is 2.24. The van der Waals surface area contributed by atoms with Crippen molar-refractivity contribution in [3.05, 3.63) is 47.8 Å². The molecule has 0 radical (unpaired) electrons. The first-order valence-corrected chi connectivity index (χ1v) is 5.34. The van der Waals surface area contributed by atoms with Crippen molar-refractivity contribution in [2.75, 3.05) is 5.32 Å². The highest BCUT2D eigenvalue weighted by atomic mass is 19.1. The molecule has 7 nitrogen and oxygen atoms in total. The number of amidine groups is 1. The highest BCUT2D eigenvalue weighted by Gasteiger charge is 2.03. The lowest BCUT2D eigenvalue weighted by Gasteiger charge is -2.05. The average Bonchev–Trinajstić information content (AvgIpc) is 2.46. The van der Waals surface area contributed by atoms with Gasteiger partial charge in [0.15, 0.2) is 5.84 Å². The lowest BCUT2D eigenvalue weighted by molar-refractivity contribution is 0.318. The van der Waals surface area contributed by atoms with E-state index in [0.717, 1.165) is 6.20 Å². The third-order valence-electron chi connectivity index (χ3n) is 2.24. The number of halogens is 1. The minimum absolute atomic E-state index is 0.106. The van der Waals surface area contributed by atoms with Gasteiger partial charge in [0.1, 0.15) is 11.5 Å². The van der Waals surface area contributed by atoms with Crippen LogP contribution in [0.4, 0.5) is 10.3 Å². The van der Waals surface area contributed by atoms with Crippen molar-refractivity contribution < 1.29 is 9.60 Å². The number of pyridine rings is 1. The summed E-state index contributed by atoms with van der Waals surface area (Å²) in [6.45, 7) is 0.333. The van der Waals surface area contributed by atoms with Gasteiger partial charge in [-0.1, -0.05) is 5.16 Å². The van der Waals surface area contributed by atoms with Crippen LogP contribution in [-0.4, -0.2) is 26.0 Å². The number of oxime groups is 1. The topological polar surface area (TPSA) is 109 Å². The van der Waals surface area contributed by atoms with E-state index in [2.05, 4.69) is 25.4 Å². The zero-order valence-corrected chi connectivity index (χ0v) is 9.79. The SMILES string of the molecule is NC(=NO)c1ccnc(NCc2ccc(F)cn2)n1. The van der Waals surface area contributed by atoms with E-state index in [-0.39, 0.29) is 5.84 Å². The van der Waals surface area contributed by atoms with Crippen LogP contribution in [0.25, 0.3) is 0 Å². The molecule has 2 aromatic heterocycles. The van der Waals surface area contributed by atoms with Crippen LogP contribution in [-0.2, 0) is 6.54 Å². The molecule has 98 valence electrons. The van der Waals surface area contributed by atoms with Crippen molar-refractivity contribution in [2.24, 2.45) is 10.9 Å². The zero-order valence-electron chi connectivity index (χ0n) is 9.79. The van der Waals surface area contributed by atoms with Gasteiger partial charge in [-0.2, -0.15) is 0 Å². The van der Waals surface area contributed by atoms with Crippen LogP contribution in [0, 0.1) is 5.82 Å². The molecule has 0 spiro atoms. The summed E-state index contributed by atoms with van der Waals surface area (Å²) in [5.41, 5.74) is 6.35. The molecule has 0 fully saturated rings. The lowest BCUT2D eigenvalue weighted by atomic mass is 10.3. The Balaban J connectivity index is 2.05. The Morgan fingerprint density at radius 1 is 1.37 bits per heavy atom. The number of aromatic nitrogens is 3. The number of nitrogens with one attached hydrogen (secondary N) is 1. The molecule has 2 heterocycles. The monoisotopic (exact) mass is 262 g/mol. The summed E-state index contributed by atoms with van der Waals surface area (Å²) in [6.07, 6.45) is 2.60. The normalized spacial score (nSPS) is 11.3. The highest BCUT2D eigenvalue weighted by Crippen LogP contribution is 2.04. The van der Waals surface area contributed by atoms with Crippen molar-refractivity contribution >= 4 is 11.8 Å². The highest BCUT2D eigenvalue weighted by molar-refractivity contribution is 5.95. The molecule has 0 atom stereocenters. The van der Waals surface area contributed by atoms with E-state index in [1.54, 1.807) is 6.07 Å². The predicted molar refractivity (Wildman–Crippen MR) is 66.1 cm³/mol. The minimum Gasteiger partial charge on any atom is -0.409 e. The van der Waals surface area contributed by atoms with Crippen LogP contribution in [0.1, 0.15) is 11.4 Å². The van der Waals surface area contributed by atoms with E-state index in [4.69, 9.17) is 10.9 Å². The Bertz CT molecular complexity index is 586. The Morgan fingerprint density at radius 2 is 2.21 bits per heavy atom. The summed E-state index contributed by atoms with van der Waals surface area (Å²) in [5, 5.41) is 14.3. The summed E-state index contributed by atoms with van der Waals surface area (Å²) in [7, 11) is 0. The largest absolute Gasteiger partial charge is 0.409 e. The molecule has 4 N–H and O–H groups in total. The van der Waals surface area contributed by atoms with Crippen molar-refractivity contribution in [3.8, 4) is 0 Å². The van der Waals surface area contributed by atoms with Gasteiger partial charge in [-0.05, 0) is 18.2 Å². The molecule has 0 bridgehead atoms. The summed E-state index contributed by atoms with van der Waals surface area (Å²) in [6, 6.07) is 4.38. The molecular formula is C11H11FN6O. The molecule has 0 aliphatic rings. The molecule has 2 rings (SSSR count). The molecule has 8 heteroatoms. The number of hydrogen-bond donors (Lipinski definition) is 3. The number of hydrogen-bond acceptors (Lipinski definition) is 6. The molecule has 0 saturated heterocycles. The van der Waals surface area contributed by atoms with Crippen molar-refractivity contribution in [1.82, 2.24) is 15.0 Å². The van der Waals surface area contributed by atoms with E-state index < -0.39 is 5.82 Å². The van der Waals surface area contributed by atoms with Crippen molar-refractivity contribution in [2.45, 2.75) is 6.54 Å². The quantitative estimate of drug-likeness (QED) is 0.324. The van der Waals surface area contributed by atoms with E-state index >= 15 is 0 Å². The summed E-state index contributed by atoms with van der Waals surface area (Å²) >= 11 is 0. The molecule has 0 amide bonds.